The first-order valence-corrected chi connectivity index (χ1v) is 8.48. The van der Waals surface area contributed by atoms with Crippen LogP contribution >= 0.6 is 38.6 Å². The molecule has 0 radical (unpaired) electrons. The molecule has 0 aliphatic heterocycles. The number of halogens is 1. The lowest BCUT2D eigenvalue weighted by Crippen LogP contribution is -2.13. The second-order valence-corrected chi connectivity index (χ2v) is 7.86. The van der Waals surface area contributed by atoms with E-state index in [-0.39, 0.29) is 11.5 Å². The Labute approximate surface area is 131 Å². The van der Waals surface area contributed by atoms with E-state index in [1.54, 1.807) is 11.4 Å². The smallest absolute Gasteiger partial charge is 0.339 e. The summed E-state index contributed by atoms with van der Waals surface area (Å²) in [5.74, 6) is -1.24. The summed E-state index contributed by atoms with van der Waals surface area (Å²) in [5.41, 5.74) is 1.70. The molecule has 2 N–H and O–H groups in total. The second-order valence-electron chi connectivity index (χ2n) is 4.46. The lowest BCUT2D eigenvalue weighted by Gasteiger charge is -2.04. The van der Waals surface area contributed by atoms with Crippen molar-refractivity contribution in [2.75, 3.05) is 5.32 Å². The van der Waals surface area contributed by atoms with E-state index in [2.05, 4.69) is 21.2 Å². The first kappa shape index (κ1) is 13.8. The van der Waals surface area contributed by atoms with Crippen LogP contribution < -0.4 is 5.32 Å². The van der Waals surface area contributed by atoms with Crippen LogP contribution in [0, 0.1) is 0 Å². The van der Waals surface area contributed by atoms with Gasteiger partial charge in [0, 0.05) is 10.3 Å². The average molecular weight is 372 g/mol. The Bertz CT molecular complexity index is 705. The van der Waals surface area contributed by atoms with Gasteiger partial charge in [0.1, 0.15) is 5.00 Å². The number of thiophene rings is 2. The third kappa shape index (κ3) is 2.41. The van der Waals surface area contributed by atoms with Crippen molar-refractivity contribution in [3.8, 4) is 0 Å². The summed E-state index contributed by atoms with van der Waals surface area (Å²) in [4.78, 5) is 24.6. The van der Waals surface area contributed by atoms with Crippen molar-refractivity contribution in [2.24, 2.45) is 0 Å². The molecule has 3 rings (SSSR count). The Hall–Kier alpha value is -1.18. The third-order valence-corrected chi connectivity index (χ3v) is 5.90. The number of carboxylic acids is 1. The van der Waals surface area contributed by atoms with Gasteiger partial charge in [-0.25, -0.2) is 4.79 Å². The van der Waals surface area contributed by atoms with Crippen molar-refractivity contribution in [3.63, 3.8) is 0 Å². The van der Waals surface area contributed by atoms with Gasteiger partial charge in [0.2, 0.25) is 0 Å². The molecule has 0 fully saturated rings. The summed E-state index contributed by atoms with van der Waals surface area (Å²) in [6, 6.07) is 1.72. The van der Waals surface area contributed by atoms with E-state index in [1.165, 1.54) is 22.7 Å². The van der Waals surface area contributed by atoms with Crippen molar-refractivity contribution >= 4 is 55.5 Å². The molecule has 0 saturated carbocycles. The maximum absolute atomic E-state index is 12.1. The number of carbonyl (C=O) groups is 2. The molecule has 2 aromatic rings. The number of hydrogen-bond acceptors (Lipinski definition) is 4. The van der Waals surface area contributed by atoms with Crippen LogP contribution in [-0.4, -0.2) is 17.0 Å². The summed E-state index contributed by atoms with van der Waals surface area (Å²) in [6.07, 6.45) is 2.68. The third-order valence-electron chi connectivity index (χ3n) is 3.19. The van der Waals surface area contributed by atoms with E-state index >= 15 is 0 Å². The minimum absolute atomic E-state index is 0.269. The Morgan fingerprint density at radius 2 is 2.15 bits per heavy atom. The van der Waals surface area contributed by atoms with Crippen molar-refractivity contribution < 1.29 is 14.7 Å². The largest absolute Gasteiger partial charge is 0.478 e. The number of aryl methyl sites for hydroxylation is 1. The molecule has 0 spiro atoms. The highest BCUT2D eigenvalue weighted by Crippen LogP contribution is 2.39. The summed E-state index contributed by atoms with van der Waals surface area (Å²) in [5, 5.41) is 14.3. The maximum Gasteiger partial charge on any atom is 0.339 e. The Morgan fingerprint density at radius 3 is 2.80 bits per heavy atom. The lowest BCUT2D eigenvalue weighted by molar-refractivity contribution is 0.0697. The standard InChI is InChI=1S/C13H10BrNO3S2/c14-9-4-6(5-19-9)11(16)15-12-10(13(17)18)7-2-1-3-8(7)20-12/h4-5H,1-3H2,(H,15,16)(H,17,18). The molecule has 1 aliphatic rings. The number of aromatic carboxylic acids is 1. The number of anilines is 1. The van der Waals surface area contributed by atoms with Crippen molar-refractivity contribution in [1.82, 2.24) is 0 Å². The Morgan fingerprint density at radius 1 is 1.35 bits per heavy atom. The van der Waals surface area contributed by atoms with Gasteiger partial charge in [-0.1, -0.05) is 0 Å². The molecule has 1 amide bonds. The van der Waals surface area contributed by atoms with Crippen molar-refractivity contribution in [3.05, 3.63) is 36.8 Å². The number of fused-ring (bicyclic) bond motifs is 1. The van der Waals surface area contributed by atoms with Gasteiger partial charge < -0.3 is 10.4 Å². The second kappa shape index (κ2) is 5.31. The molecule has 4 nitrogen and oxygen atoms in total. The highest BCUT2D eigenvalue weighted by Gasteiger charge is 2.27. The fraction of sp³-hybridized carbons (Fsp3) is 0.231. The van der Waals surface area contributed by atoms with Gasteiger partial charge in [0.05, 0.1) is 14.9 Å². The molecule has 2 heterocycles. The van der Waals surface area contributed by atoms with Crippen LogP contribution in [0.1, 0.15) is 37.6 Å². The summed E-state index contributed by atoms with van der Waals surface area (Å²) < 4.78 is 0.870. The van der Waals surface area contributed by atoms with Gasteiger partial charge in [0.25, 0.3) is 5.91 Å². The molecule has 0 bridgehead atoms. The van der Waals surface area contributed by atoms with Crippen LogP contribution in [0.2, 0.25) is 0 Å². The molecule has 0 unspecified atom stereocenters. The predicted octanol–water partition coefficient (Wildman–Crippen LogP) is 4.01. The highest BCUT2D eigenvalue weighted by molar-refractivity contribution is 9.11. The molecule has 2 aromatic heterocycles. The number of nitrogens with one attached hydrogen (secondary N) is 1. The van der Waals surface area contributed by atoms with Gasteiger partial charge in [0.15, 0.2) is 0 Å². The first-order valence-electron chi connectivity index (χ1n) is 5.99. The average Bonchev–Trinajstić information content (AvgIpc) is 3.03. The number of hydrogen-bond donors (Lipinski definition) is 2. The molecule has 1 aliphatic carbocycles. The zero-order valence-electron chi connectivity index (χ0n) is 10.2. The number of carbonyl (C=O) groups excluding carboxylic acids is 1. The number of rotatable bonds is 3. The minimum atomic E-state index is -0.966. The fourth-order valence-electron chi connectivity index (χ4n) is 2.32. The molecule has 0 aromatic carbocycles. The quantitative estimate of drug-likeness (QED) is 0.856. The summed E-state index contributed by atoms with van der Waals surface area (Å²) >= 11 is 6.11. The lowest BCUT2D eigenvalue weighted by atomic mass is 10.1. The molecule has 0 saturated heterocycles. The molecule has 20 heavy (non-hydrogen) atoms. The highest BCUT2D eigenvalue weighted by atomic mass is 79.9. The minimum Gasteiger partial charge on any atom is -0.478 e. The van der Waals surface area contributed by atoms with Gasteiger partial charge in [-0.05, 0) is 46.8 Å². The molecule has 104 valence electrons. The molecular formula is C13H10BrNO3S2. The van der Waals surface area contributed by atoms with Crippen LogP contribution in [0.25, 0.3) is 0 Å². The van der Waals surface area contributed by atoms with Gasteiger partial charge in [-0.3, -0.25) is 4.79 Å². The van der Waals surface area contributed by atoms with Crippen molar-refractivity contribution in [1.29, 1.82) is 0 Å². The summed E-state index contributed by atoms with van der Waals surface area (Å²) in [6.45, 7) is 0. The Balaban J connectivity index is 1.91. The molecule has 7 heteroatoms. The number of amides is 1. The van der Waals surface area contributed by atoms with E-state index in [0.717, 1.165) is 33.5 Å². The summed E-state index contributed by atoms with van der Waals surface area (Å²) in [7, 11) is 0. The zero-order chi connectivity index (χ0) is 14.3. The SMILES string of the molecule is O=C(Nc1sc2c(c1C(=O)O)CCC2)c1csc(Br)c1. The van der Waals surface area contributed by atoms with Crippen LogP contribution in [0.5, 0.6) is 0 Å². The zero-order valence-corrected chi connectivity index (χ0v) is 13.5. The maximum atomic E-state index is 12.1. The van der Waals surface area contributed by atoms with Crippen molar-refractivity contribution in [2.45, 2.75) is 19.3 Å². The van der Waals surface area contributed by atoms with Crippen LogP contribution in [0.4, 0.5) is 5.00 Å². The van der Waals surface area contributed by atoms with Gasteiger partial charge in [-0.2, -0.15) is 0 Å². The molecule has 0 atom stereocenters. The first-order chi connectivity index (χ1) is 9.56. The Kier molecular flexibility index (Phi) is 3.66. The van der Waals surface area contributed by atoms with E-state index in [1.807, 2.05) is 0 Å². The van der Waals surface area contributed by atoms with Crippen LogP contribution in [0.15, 0.2) is 15.2 Å². The monoisotopic (exact) mass is 371 g/mol. The van der Waals surface area contributed by atoms with Crippen LogP contribution in [0.3, 0.4) is 0 Å². The predicted molar refractivity (Wildman–Crippen MR) is 83.3 cm³/mol. The van der Waals surface area contributed by atoms with Gasteiger partial charge >= 0.3 is 5.97 Å². The van der Waals surface area contributed by atoms with Gasteiger partial charge in [-0.15, -0.1) is 22.7 Å². The van der Waals surface area contributed by atoms with E-state index in [9.17, 15) is 14.7 Å². The fourth-order valence-corrected chi connectivity index (χ4v) is 4.74. The van der Waals surface area contributed by atoms with E-state index in [4.69, 9.17) is 0 Å². The van der Waals surface area contributed by atoms with Crippen LogP contribution in [-0.2, 0) is 12.8 Å². The number of carboxylic acid groups (broad SMARTS) is 1. The van der Waals surface area contributed by atoms with E-state index in [0.29, 0.717) is 10.6 Å². The topological polar surface area (TPSA) is 66.4 Å². The molecular weight excluding hydrogens is 362 g/mol. The normalized spacial score (nSPS) is 13.2. The van der Waals surface area contributed by atoms with E-state index < -0.39 is 5.97 Å².